The monoisotopic (exact) mass is 169 g/mol. The van der Waals surface area contributed by atoms with E-state index in [1.165, 1.54) is 0 Å². The van der Waals surface area contributed by atoms with Crippen molar-refractivity contribution in [1.82, 2.24) is 0 Å². The largest absolute Gasteiger partial charge is 0.579 e. The third kappa shape index (κ3) is 2.43. The van der Waals surface area contributed by atoms with E-state index in [0.717, 1.165) is 12.8 Å². The fourth-order valence-electron chi connectivity index (χ4n) is 1.51. The molecule has 2 nitrogen and oxygen atoms in total. The molecule has 0 N–H and O–H groups in total. The number of aldehydes is 1. The molecule has 1 rings (SSSR count). The van der Waals surface area contributed by atoms with Crippen LogP contribution in [0.4, 0.5) is 0 Å². The van der Waals surface area contributed by atoms with Crippen LogP contribution in [0.3, 0.4) is 0 Å². The second-order valence-corrected chi connectivity index (χ2v) is 4.49. The van der Waals surface area contributed by atoms with Crippen LogP contribution in [0.25, 0.3) is 0 Å². The topological polar surface area (TPSA) is 28.4 Å². The molecular weight excluding hydrogens is 152 g/mol. The van der Waals surface area contributed by atoms with Crippen molar-refractivity contribution < 1.29 is 9.22 Å². The highest BCUT2D eigenvalue weighted by Crippen LogP contribution is 2.32. The lowest BCUT2D eigenvalue weighted by Crippen LogP contribution is -2.20. The zero-order valence-corrected chi connectivity index (χ0v) is 8.09. The van der Waals surface area contributed by atoms with Crippen LogP contribution in [0, 0.1) is 11.3 Å². The maximum atomic E-state index is 10.9. The average Bonchev–Trinajstić information content (AvgIpc) is 2.11. The molecule has 0 fully saturated rings. The highest BCUT2D eigenvalue weighted by Gasteiger charge is 2.29. The lowest BCUT2D eigenvalue weighted by Gasteiger charge is -2.27. The van der Waals surface area contributed by atoms with E-state index in [0.29, 0.717) is 12.3 Å². The first-order valence-corrected chi connectivity index (χ1v) is 4.51. The molecule has 2 heteroatoms. The summed E-state index contributed by atoms with van der Waals surface area (Å²) in [5, 5.41) is 0. The van der Waals surface area contributed by atoms with Gasteiger partial charge >= 0.3 is 5.97 Å². The highest BCUT2D eigenvalue weighted by atomic mass is 16.4. The standard InChI is InChI=1S/C10H17O2/c1-10(2,3)8-4-5-9(11)12-7-6-8/h7-8H,4-6H2,1-3H3/q+1. The lowest BCUT2D eigenvalue weighted by atomic mass is 9.77. The number of carbonyl (C=O) groups is 1. The summed E-state index contributed by atoms with van der Waals surface area (Å²) >= 11 is 0. The van der Waals surface area contributed by atoms with Gasteiger partial charge in [-0.2, -0.15) is 0 Å². The van der Waals surface area contributed by atoms with Gasteiger partial charge in [0.1, 0.15) is 6.42 Å². The van der Waals surface area contributed by atoms with Gasteiger partial charge in [0.15, 0.2) is 6.29 Å². The smallest absolute Gasteiger partial charge is 0.285 e. The molecule has 0 spiro atoms. The van der Waals surface area contributed by atoms with E-state index < -0.39 is 0 Å². The highest BCUT2D eigenvalue weighted by molar-refractivity contribution is 5.70. The first-order chi connectivity index (χ1) is 5.50. The zero-order chi connectivity index (χ0) is 9.19. The van der Waals surface area contributed by atoms with Gasteiger partial charge in [-0.3, -0.25) is 4.42 Å². The summed E-state index contributed by atoms with van der Waals surface area (Å²) in [6.07, 6.45) is 4.08. The van der Waals surface area contributed by atoms with Crippen molar-refractivity contribution >= 4 is 12.3 Å². The summed E-state index contributed by atoms with van der Waals surface area (Å²) < 4.78 is 4.86. The van der Waals surface area contributed by atoms with Gasteiger partial charge < -0.3 is 0 Å². The minimum atomic E-state index is -0.0817. The van der Waals surface area contributed by atoms with E-state index in [9.17, 15) is 4.79 Å². The molecule has 0 amide bonds. The van der Waals surface area contributed by atoms with E-state index in [4.69, 9.17) is 4.42 Å². The van der Waals surface area contributed by atoms with Crippen LogP contribution in [0.5, 0.6) is 0 Å². The van der Waals surface area contributed by atoms with Gasteiger partial charge in [0.2, 0.25) is 0 Å². The molecule has 0 saturated carbocycles. The van der Waals surface area contributed by atoms with E-state index in [-0.39, 0.29) is 11.4 Å². The summed E-state index contributed by atoms with van der Waals surface area (Å²) in [5.74, 6) is 0.491. The molecular formula is C10H17O2+. The fourth-order valence-corrected chi connectivity index (χ4v) is 1.51. The maximum absolute atomic E-state index is 10.9. The summed E-state index contributed by atoms with van der Waals surface area (Å²) in [7, 11) is 0. The first kappa shape index (κ1) is 9.43. The summed E-state index contributed by atoms with van der Waals surface area (Å²) in [6, 6.07) is 0. The Kier molecular flexibility index (Phi) is 2.65. The molecule has 0 aliphatic carbocycles. The van der Waals surface area contributed by atoms with Gasteiger partial charge in [0, 0.05) is 11.2 Å². The van der Waals surface area contributed by atoms with E-state index in [1.807, 2.05) is 0 Å². The van der Waals surface area contributed by atoms with E-state index in [1.54, 1.807) is 6.29 Å². The zero-order valence-electron chi connectivity index (χ0n) is 8.09. The first-order valence-electron chi connectivity index (χ1n) is 4.51. The molecule has 0 saturated heterocycles. The Labute approximate surface area is 73.7 Å². The molecule has 1 atom stereocenters. The van der Waals surface area contributed by atoms with Crippen LogP contribution in [-0.4, -0.2) is 12.3 Å². The van der Waals surface area contributed by atoms with Crippen LogP contribution < -0.4 is 0 Å². The van der Waals surface area contributed by atoms with Crippen molar-refractivity contribution in [2.45, 2.75) is 40.0 Å². The van der Waals surface area contributed by atoms with Crippen molar-refractivity contribution in [3.05, 3.63) is 0 Å². The number of rotatable bonds is 0. The second-order valence-electron chi connectivity index (χ2n) is 4.49. The SMILES string of the molecule is CC(C)(C)C1CC=[O+]C(=O)CC1. The Morgan fingerprint density at radius 1 is 1.50 bits per heavy atom. The summed E-state index contributed by atoms with van der Waals surface area (Å²) in [4.78, 5) is 10.9. The Hall–Kier alpha value is -0.660. The van der Waals surface area contributed by atoms with Crippen molar-refractivity contribution in [2.75, 3.05) is 0 Å². The third-order valence-corrected chi connectivity index (χ3v) is 2.52. The fraction of sp³-hybridized carbons (Fsp3) is 0.800. The average molecular weight is 169 g/mol. The molecule has 68 valence electrons. The van der Waals surface area contributed by atoms with E-state index in [2.05, 4.69) is 20.8 Å². The molecule has 1 heterocycles. The van der Waals surface area contributed by atoms with E-state index >= 15 is 0 Å². The van der Waals surface area contributed by atoms with Crippen LogP contribution in [-0.2, 0) is 9.22 Å². The van der Waals surface area contributed by atoms with Crippen molar-refractivity contribution in [2.24, 2.45) is 11.3 Å². The van der Waals surface area contributed by atoms with Crippen molar-refractivity contribution in [3.8, 4) is 0 Å². The maximum Gasteiger partial charge on any atom is 0.579 e. The predicted molar refractivity (Wildman–Crippen MR) is 47.9 cm³/mol. The van der Waals surface area contributed by atoms with Gasteiger partial charge in [-0.15, -0.1) is 0 Å². The normalized spacial score (nSPS) is 25.6. The summed E-state index contributed by atoms with van der Waals surface area (Å²) in [5.41, 5.74) is 0.282. The second kappa shape index (κ2) is 3.38. The number of hydrogen-bond donors (Lipinski definition) is 0. The minimum absolute atomic E-state index is 0.0817. The molecule has 0 aromatic carbocycles. The molecule has 0 aromatic rings. The van der Waals surface area contributed by atoms with Gasteiger partial charge in [-0.25, -0.2) is 0 Å². The molecule has 12 heavy (non-hydrogen) atoms. The Morgan fingerprint density at radius 2 is 2.17 bits per heavy atom. The molecule has 1 unspecified atom stereocenters. The predicted octanol–water partition coefficient (Wildman–Crippen LogP) is 2.09. The lowest BCUT2D eigenvalue weighted by molar-refractivity contribution is -0.373. The van der Waals surface area contributed by atoms with Crippen molar-refractivity contribution in [1.29, 1.82) is 0 Å². The molecule has 0 radical (unpaired) electrons. The van der Waals surface area contributed by atoms with Crippen LogP contribution >= 0.6 is 0 Å². The Morgan fingerprint density at radius 3 is 2.75 bits per heavy atom. The van der Waals surface area contributed by atoms with Crippen LogP contribution in [0.1, 0.15) is 40.0 Å². The molecule has 0 bridgehead atoms. The Balaban J connectivity index is 2.60. The summed E-state index contributed by atoms with van der Waals surface area (Å²) in [6.45, 7) is 6.63. The molecule has 0 aromatic heterocycles. The van der Waals surface area contributed by atoms with Gasteiger partial charge in [-0.05, 0) is 17.8 Å². The van der Waals surface area contributed by atoms with Crippen LogP contribution in [0.15, 0.2) is 0 Å². The van der Waals surface area contributed by atoms with Crippen LogP contribution in [0.2, 0.25) is 0 Å². The number of carbonyl (C=O) groups excluding carboxylic acids is 2. The Bertz CT molecular complexity index is 198. The van der Waals surface area contributed by atoms with Gasteiger partial charge in [-0.1, -0.05) is 20.8 Å². The van der Waals surface area contributed by atoms with Crippen molar-refractivity contribution in [3.63, 3.8) is 0 Å². The molecule has 1 aliphatic heterocycles. The van der Waals surface area contributed by atoms with Gasteiger partial charge in [0.05, 0.1) is 0 Å². The van der Waals surface area contributed by atoms with Gasteiger partial charge in [0.25, 0.3) is 0 Å². The third-order valence-electron chi connectivity index (χ3n) is 2.52. The number of hydrogen-bond acceptors (Lipinski definition) is 1. The minimum Gasteiger partial charge on any atom is -0.285 e. The molecule has 1 aliphatic rings. The quantitative estimate of drug-likeness (QED) is 0.403.